The number of thiophene rings is 1. The van der Waals surface area contributed by atoms with Gasteiger partial charge in [0.2, 0.25) is 0 Å². The van der Waals surface area contributed by atoms with Crippen LogP contribution in [0.3, 0.4) is 0 Å². The van der Waals surface area contributed by atoms with Gasteiger partial charge in [0.05, 0.1) is 10.6 Å². The van der Waals surface area contributed by atoms with Gasteiger partial charge in [0, 0.05) is 4.88 Å². The molecule has 0 radical (unpaired) electrons. The Morgan fingerprint density at radius 1 is 1.05 bits per heavy atom. The number of benzene rings is 2. The molecule has 1 heterocycles. The van der Waals surface area contributed by atoms with Crippen LogP contribution in [0.1, 0.15) is 27.0 Å². The van der Waals surface area contributed by atoms with Crippen LogP contribution in [0.15, 0.2) is 59.7 Å². The van der Waals surface area contributed by atoms with Gasteiger partial charge >= 0.3 is 0 Å². The SMILES string of the molecule is C/C(=N\NC(=O)c1ccc(C)s1)c1ccc2ccccc2c1. The van der Waals surface area contributed by atoms with Crippen molar-refractivity contribution in [3.05, 3.63) is 69.9 Å². The van der Waals surface area contributed by atoms with Gasteiger partial charge < -0.3 is 0 Å². The highest BCUT2D eigenvalue weighted by atomic mass is 32.1. The first-order valence-corrected chi connectivity index (χ1v) is 7.85. The summed E-state index contributed by atoms with van der Waals surface area (Å²) in [6.07, 6.45) is 0. The van der Waals surface area contributed by atoms with Crippen molar-refractivity contribution in [3.63, 3.8) is 0 Å². The highest BCUT2D eigenvalue weighted by molar-refractivity contribution is 7.13. The Labute approximate surface area is 133 Å². The third kappa shape index (κ3) is 3.07. The third-order valence-corrected chi connectivity index (χ3v) is 4.46. The summed E-state index contributed by atoms with van der Waals surface area (Å²) in [7, 11) is 0. The van der Waals surface area contributed by atoms with Crippen LogP contribution in [0.25, 0.3) is 10.8 Å². The lowest BCUT2D eigenvalue weighted by atomic mass is 10.0. The average molecular weight is 308 g/mol. The van der Waals surface area contributed by atoms with E-state index in [9.17, 15) is 4.79 Å². The minimum Gasteiger partial charge on any atom is -0.266 e. The monoisotopic (exact) mass is 308 g/mol. The molecule has 1 amide bonds. The molecule has 0 fully saturated rings. The zero-order valence-electron chi connectivity index (χ0n) is 12.5. The second-order valence-corrected chi connectivity index (χ2v) is 6.40. The Kier molecular flexibility index (Phi) is 4.02. The fraction of sp³-hybridized carbons (Fsp3) is 0.111. The molecule has 22 heavy (non-hydrogen) atoms. The van der Waals surface area contributed by atoms with Crippen molar-refractivity contribution >= 4 is 33.7 Å². The average Bonchev–Trinajstić information content (AvgIpc) is 2.98. The van der Waals surface area contributed by atoms with E-state index in [2.05, 4.69) is 34.8 Å². The zero-order valence-corrected chi connectivity index (χ0v) is 13.3. The molecule has 3 nitrogen and oxygen atoms in total. The predicted molar refractivity (Wildman–Crippen MR) is 92.7 cm³/mol. The topological polar surface area (TPSA) is 41.5 Å². The van der Waals surface area contributed by atoms with E-state index in [4.69, 9.17) is 0 Å². The van der Waals surface area contributed by atoms with Crippen molar-refractivity contribution in [2.45, 2.75) is 13.8 Å². The molecule has 110 valence electrons. The number of hydrogen-bond donors (Lipinski definition) is 1. The lowest BCUT2D eigenvalue weighted by Crippen LogP contribution is -2.18. The first-order chi connectivity index (χ1) is 10.6. The molecule has 2 aromatic carbocycles. The number of carbonyl (C=O) groups excluding carboxylic acids is 1. The number of nitrogens with zero attached hydrogens (tertiary/aromatic N) is 1. The summed E-state index contributed by atoms with van der Waals surface area (Å²) in [5, 5.41) is 6.56. The molecule has 1 N–H and O–H groups in total. The van der Waals surface area contributed by atoms with Gasteiger partial charge in [-0.1, -0.05) is 36.4 Å². The number of fused-ring (bicyclic) bond motifs is 1. The molecule has 0 atom stereocenters. The third-order valence-electron chi connectivity index (χ3n) is 3.46. The summed E-state index contributed by atoms with van der Waals surface area (Å²) in [5.74, 6) is -0.168. The van der Waals surface area contributed by atoms with Gasteiger partial charge in [0.1, 0.15) is 0 Å². The second kappa shape index (κ2) is 6.12. The normalized spacial score (nSPS) is 11.6. The van der Waals surface area contributed by atoms with E-state index >= 15 is 0 Å². The Bertz CT molecular complexity index is 864. The van der Waals surface area contributed by atoms with Crippen LogP contribution in [0, 0.1) is 6.92 Å². The quantitative estimate of drug-likeness (QED) is 0.567. The molecule has 0 unspecified atom stereocenters. The Hall–Kier alpha value is -2.46. The molecule has 0 bridgehead atoms. The molecule has 0 aliphatic heterocycles. The molecule has 0 aliphatic carbocycles. The van der Waals surface area contributed by atoms with Gasteiger partial charge in [-0.25, -0.2) is 5.43 Å². The summed E-state index contributed by atoms with van der Waals surface area (Å²) in [4.78, 5) is 13.8. The van der Waals surface area contributed by atoms with Crippen LogP contribution >= 0.6 is 11.3 Å². The lowest BCUT2D eigenvalue weighted by Gasteiger charge is -2.04. The van der Waals surface area contributed by atoms with Crippen LogP contribution in [-0.2, 0) is 0 Å². The number of carbonyl (C=O) groups is 1. The fourth-order valence-electron chi connectivity index (χ4n) is 2.23. The van der Waals surface area contributed by atoms with E-state index in [1.165, 1.54) is 16.7 Å². The smallest absolute Gasteiger partial charge is 0.266 e. The summed E-state index contributed by atoms with van der Waals surface area (Å²) in [6, 6.07) is 18.1. The van der Waals surface area contributed by atoms with Gasteiger partial charge in [0.15, 0.2) is 0 Å². The van der Waals surface area contributed by atoms with E-state index in [1.807, 2.05) is 44.2 Å². The van der Waals surface area contributed by atoms with E-state index < -0.39 is 0 Å². The molecule has 1 aromatic heterocycles. The Morgan fingerprint density at radius 2 is 1.82 bits per heavy atom. The van der Waals surface area contributed by atoms with Crippen molar-refractivity contribution in [1.82, 2.24) is 5.43 Å². The molecular weight excluding hydrogens is 292 g/mol. The van der Waals surface area contributed by atoms with Gasteiger partial charge in [0.25, 0.3) is 5.91 Å². The number of aryl methyl sites for hydroxylation is 1. The van der Waals surface area contributed by atoms with Gasteiger partial charge in [-0.2, -0.15) is 5.10 Å². The summed E-state index contributed by atoms with van der Waals surface area (Å²) < 4.78 is 0. The van der Waals surface area contributed by atoms with Gasteiger partial charge in [-0.05, 0) is 48.4 Å². The lowest BCUT2D eigenvalue weighted by molar-refractivity contribution is 0.0959. The van der Waals surface area contributed by atoms with Crippen molar-refractivity contribution in [3.8, 4) is 0 Å². The highest BCUT2D eigenvalue weighted by Gasteiger charge is 2.07. The zero-order chi connectivity index (χ0) is 15.5. The fourth-order valence-corrected chi connectivity index (χ4v) is 2.98. The minimum absolute atomic E-state index is 0.168. The van der Waals surface area contributed by atoms with Crippen LogP contribution in [-0.4, -0.2) is 11.6 Å². The molecule has 3 rings (SSSR count). The summed E-state index contributed by atoms with van der Waals surface area (Å²) >= 11 is 1.46. The van der Waals surface area contributed by atoms with Crippen molar-refractivity contribution in [2.75, 3.05) is 0 Å². The highest BCUT2D eigenvalue weighted by Crippen LogP contribution is 2.17. The van der Waals surface area contributed by atoms with E-state index in [0.29, 0.717) is 4.88 Å². The van der Waals surface area contributed by atoms with E-state index in [-0.39, 0.29) is 5.91 Å². The van der Waals surface area contributed by atoms with Gasteiger partial charge in [-0.15, -0.1) is 11.3 Å². The molecule has 0 spiro atoms. The van der Waals surface area contributed by atoms with Crippen molar-refractivity contribution in [1.29, 1.82) is 0 Å². The predicted octanol–water partition coefficient (Wildman–Crippen LogP) is 4.36. The van der Waals surface area contributed by atoms with E-state index in [1.54, 1.807) is 0 Å². The Balaban J connectivity index is 1.79. The Morgan fingerprint density at radius 3 is 2.55 bits per heavy atom. The standard InChI is InChI=1S/C18H16N2OS/c1-12-7-10-17(22-12)18(21)20-19-13(2)15-9-8-14-5-3-4-6-16(14)11-15/h3-11H,1-2H3,(H,20,21)/b19-13+. The van der Waals surface area contributed by atoms with Gasteiger partial charge in [-0.3, -0.25) is 4.79 Å². The second-order valence-electron chi connectivity index (χ2n) is 5.11. The number of nitrogens with one attached hydrogen (secondary N) is 1. The molecule has 0 aliphatic rings. The number of hydrogen-bond acceptors (Lipinski definition) is 3. The van der Waals surface area contributed by atoms with Crippen molar-refractivity contribution < 1.29 is 4.79 Å². The van der Waals surface area contributed by atoms with Crippen LogP contribution in [0.2, 0.25) is 0 Å². The molecule has 0 saturated heterocycles. The van der Waals surface area contributed by atoms with Crippen LogP contribution in [0.4, 0.5) is 0 Å². The maximum atomic E-state index is 12.0. The molecule has 0 saturated carbocycles. The summed E-state index contributed by atoms with van der Waals surface area (Å²) in [5.41, 5.74) is 4.40. The van der Waals surface area contributed by atoms with Crippen molar-refractivity contribution in [2.24, 2.45) is 5.10 Å². The number of rotatable bonds is 3. The minimum atomic E-state index is -0.168. The first kappa shape index (κ1) is 14.5. The molecule has 3 aromatic rings. The van der Waals surface area contributed by atoms with E-state index in [0.717, 1.165) is 21.5 Å². The first-order valence-electron chi connectivity index (χ1n) is 7.04. The maximum absolute atomic E-state index is 12.0. The number of hydrazone groups is 1. The largest absolute Gasteiger partial charge is 0.281 e. The van der Waals surface area contributed by atoms with Crippen LogP contribution < -0.4 is 5.43 Å². The maximum Gasteiger partial charge on any atom is 0.281 e. The molecule has 4 heteroatoms. The number of amides is 1. The van der Waals surface area contributed by atoms with Crippen LogP contribution in [0.5, 0.6) is 0 Å². The molecular formula is C18H16N2OS. The summed E-state index contributed by atoms with van der Waals surface area (Å²) in [6.45, 7) is 3.87.